The molecule has 2 N–H and O–H groups in total. The fourth-order valence-electron chi connectivity index (χ4n) is 3.11. The summed E-state index contributed by atoms with van der Waals surface area (Å²) in [7, 11) is 1.63. The van der Waals surface area contributed by atoms with Gasteiger partial charge in [-0.15, -0.1) is 0 Å². The van der Waals surface area contributed by atoms with Gasteiger partial charge in [0.15, 0.2) is 0 Å². The van der Waals surface area contributed by atoms with Crippen LogP contribution >= 0.6 is 0 Å². The molecule has 9 nitrogen and oxygen atoms in total. The predicted molar refractivity (Wildman–Crippen MR) is 117 cm³/mol. The first kappa shape index (κ1) is 26.7. The molecule has 33 heavy (non-hydrogen) atoms. The van der Waals surface area contributed by atoms with Crippen molar-refractivity contribution in [1.29, 1.82) is 0 Å². The standard InChI is InChI=1S/C22H23N3O6S.Na/c1-3-25(2)22(28)31-17-9-6-8-16-20(17)14(13-23-16)11-12-19(26)24-21(27)15-7-4-5-10-18(15)32(29)30;/h4-10,13,23H,3,11-12H2,1-2H3,(H,29,30)(H,24,26,27);/q;+1/p-1. The summed E-state index contributed by atoms with van der Waals surface area (Å²) in [6.07, 6.45) is 1.46. The zero-order chi connectivity index (χ0) is 23.3. The van der Waals surface area contributed by atoms with Gasteiger partial charge in [-0.2, -0.15) is 0 Å². The van der Waals surface area contributed by atoms with Gasteiger partial charge in [0.25, 0.3) is 5.91 Å². The quantitative estimate of drug-likeness (QED) is 0.355. The van der Waals surface area contributed by atoms with E-state index in [0.29, 0.717) is 17.7 Å². The normalized spacial score (nSPS) is 11.4. The van der Waals surface area contributed by atoms with Crippen molar-refractivity contribution >= 4 is 39.9 Å². The molecule has 0 saturated carbocycles. The minimum atomic E-state index is -2.60. The Morgan fingerprint density at radius 1 is 1.15 bits per heavy atom. The van der Waals surface area contributed by atoms with Crippen molar-refractivity contribution in [3.05, 3.63) is 59.8 Å². The maximum atomic E-state index is 12.3. The number of fused-ring (bicyclic) bond motifs is 1. The first-order chi connectivity index (χ1) is 15.3. The number of aromatic nitrogens is 1. The van der Waals surface area contributed by atoms with Crippen molar-refractivity contribution in [2.24, 2.45) is 0 Å². The van der Waals surface area contributed by atoms with Gasteiger partial charge in [0.2, 0.25) is 5.91 Å². The molecular weight excluding hydrogens is 457 g/mol. The molecule has 0 aliphatic heterocycles. The first-order valence-corrected chi connectivity index (χ1v) is 10.9. The second-order valence-corrected chi connectivity index (χ2v) is 7.89. The number of nitrogens with zero attached hydrogens (tertiary/aromatic N) is 1. The molecule has 1 atom stereocenters. The molecular formula is C22H22N3NaO6S. The van der Waals surface area contributed by atoms with E-state index in [2.05, 4.69) is 10.3 Å². The molecule has 0 saturated heterocycles. The summed E-state index contributed by atoms with van der Waals surface area (Å²) in [6, 6.07) is 10.9. The van der Waals surface area contributed by atoms with Gasteiger partial charge in [-0.1, -0.05) is 18.2 Å². The number of rotatable bonds is 7. The molecule has 0 radical (unpaired) electrons. The van der Waals surface area contributed by atoms with Crippen LogP contribution in [0.15, 0.2) is 53.6 Å². The predicted octanol–water partition coefficient (Wildman–Crippen LogP) is -0.250. The number of amides is 3. The van der Waals surface area contributed by atoms with Gasteiger partial charge < -0.3 is 19.2 Å². The zero-order valence-electron chi connectivity index (χ0n) is 18.5. The third-order valence-corrected chi connectivity index (χ3v) is 5.63. The number of nitrogens with one attached hydrogen (secondary N) is 2. The van der Waals surface area contributed by atoms with E-state index in [4.69, 9.17) is 4.74 Å². The molecule has 3 aromatic rings. The molecule has 2 aromatic carbocycles. The summed E-state index contributed by atoms with van der Waals surface area (Å²) >= 11 is -2.60. The van der Waals surface area contributed by atoms with E-state index in [-0.39, 0.29) is 52.9 Å². The Bertz CT molecular complexity index is 1200. The Balaban J connectivity index is 0.00000385. The maximum absolute atomic E-state index is 12.3. The fourth-order valence-corrected chi connectivity index (χ4v) is 3.64. The van der Waals surface area contributed by atoms with Crippen LogP contribution in [0.25, 0.3) is 10.9 Å². The monoisotopic (exact) mass is 479 g/mol. The number of carbonyl (C=O) groups excluding carboxylic acids is 3. The van der Waals surface area contributed by atoms with Crippen LogP contribution in [0, 0.1) is 0 Å². The third kappa shape index (κ3) is 6.52. The summed E-state index contributed by atoms with van der Waals surface area (Å²) in [5, 5.41) is 2.90. The molecule has 3 amide bonds. The van der Waals surface area contributed by atoms with Crippen LogP contribution in [-0.4, -0.2) is 50.1 Å². The number of hydrogen-bond donors (Lipinski definition) is 2. The van der Waals surface area contributed by atoms with Crippen molar-refractivity contribution in [1.82, 2.24) is 15.2 Å². The summed E-state index contributed by atoms with van der Waals surface area (Å²) in [5.74, 6) is -0.977. The van der Waals surface area contributed by atoms with E-state index >= 15 is 0 Å². The molecule has 1 heterocycles. The van der Waals surface area contributed by atoms with Crippen LogP contribution in [0.4, 0.5) is 4.79 Å². The Morgan fingerprint density at radius 3 is 2.58 bits per heavy atom. The number of aromatic amines is 1. The Morgan fingerprint density at radius 2 is 1.88 bits per heavy atom. The second kappa shape index (κ2) is 12.1. The summed E-state index contributed by atoms with van der Waals surface area (Å²) in [5.41, 5.74) is 1.38. The zero-order valence-corrected chi connectivity index (χ0v) is 21.4. The minimum Gasteiger partial charge on any atom is -0.768 e. The molecule has 0 aliphatic carbocycles. The average Bonchev–Trinajstić information content (AvgIpc) is 3.21. The Kier molecular flexibility index (Phi) is 9.81. The van der Waals surface area contributed by atoms with Gasteiger partial charge >= 0.3 is 35.7 Å². The summed E-state index contributed by atoms with van der Waals surface area (Å²) in [6.45, 7) is 2.32. The molecule has 168 valence electrons. The van der Waals surface area contributed by atoms with E-state index in [0.717, 1.165) is 11.1 Å². The fraction of sp³-hybridized carbons (Fsp3) is 0.227. The van der Waals surface area contributed by atoms with Gasteiger partial charge in [0.05, 0.1) is 5.56 Å². The number of benzene rings is 2. The number of ether oxygens (including phenoxy) is 1. The molecule has 0 aliphatic rings. The molecule has 0 fully saturated rings. The van der Waals surface area contributed by atoms with Gasteiger partial charge in [0.1, 0.15) is 5.75 Å². The smallest absolute Gasteiger partial charge is 0.768 e. The van der Waals surface area contributed by atoms with Crippen molar-refractivity contribution in [2.45, 2.75) is 24.7 Å². The number of imide groups is 1. The van der Waals surface area contributed by atoms with E-state index in [9.17, 15) is 23.1 Å². The number of hydrogen-bond acceptors (Lipinski definition) is 6. The van der Waals surface area contributed by atoms with Crippen molar-refractivity contribution in [3.8, 4) is 5.75 Å². The van der Waals surface area contributed by atoms with Gasteiger partial charge in [-0.3, -0.25) is 19.1 Å². The largest absolute Gasteiger partial charge is 1.00 e. The number of H-pyrrole nitrogens is 1. The van der Waals surface area contributed by atoms with E-state index < -0.39 is 29.0 Å². The minimum absolute atomic E-state index is 0. The molecule has 3 rings (SSSR count). The van der Waals surface area contributed by atoms with Crippen LogP contribution in [0.1, 0.15) is 29.3 Å². The summed E-state index contributed by atoms with van der Waals surface area (Å²) in [4.78, 5) is 41.2. The van der Waals surface area contributed by atoms with Gasteiger partial charge in [-0.05, 0) is 54.3 Å². The van der Waals surface area contributed by atoms with Crippen LogP contribution in [-0.2, 0) is 22.3 Å². The van der Waals surface area contributed by atoms with Crippen molar-refractivity contribution in [2.75, 3.05) is 13.6 Å². The van der Waals surface area contributed by atoms with E-state index in [1.807, 2.05) is 13.0 Å². The van der Waals surface area contributed by atoms with Crippen LogP contribution < -0.4 is 39.6 Å². The molecule has 0 bridgehead atoms. The topological polar surface area (TPSA) is 132 Å². The van der Waals surface area contributed by atoms with Crippen LogP contribution in [0.5, 0.6) is 5.75 Å². The molecule has 1 unspecified atom stereocenters. The van der Waals surface area contributed by atoms with E-state index in [1.165, 1.54) is 29.2 Å². The van der Waals surface area contributed by atoms with Crippen LogP contribution in [0.2, 0.25) is 0 Å². The van der Waals surface area contributed by atoms with Crippen molar-refractivity contribution in [3.63, 3.8) is 0 Å². The van der Waals surface area contributed by atoms with Gasteiger partial charge in [0, 0.05) is 42.0 Å². The van der Waals surface area contributed by atoms with Gasteiger partial charge in [-0.25, -0.2) is 4.79 Å². The number of aryl methyl sites for hydroxylation is 1. The summed E-state index contributed by atoms with van der Waals surface area (Å²) < 4.78 is 28.1. The average molecular weight is 479 g/mol. The Labute approximate surface area is 215 Å². The molecule has 1 aromatic heterocycles. The third-order valence-electron chi connectivity index (χ3n) is 4.92. The molecule has 11 heteroatoms. The second-order valence-electron chi connectivity index (χ2n) is 6.98. The van der Waals surface area contributed by atoms with Crippen molar-refractivity contribution < 1.29 is 57.4 Å². The van der Waals surface area contributed by atoms with Crippen LogP contribution in [0.3, 0.4) is 0 Å². The van der Waals surface area contributed by atoms with E-state index in [1.54, 1.807) is 25.4 Å². The maximum Gasteiger partial charge on any atom is 1.00 e. The first-order valence-electron chi connectivity index (χ1n) is 9.86. The SMILES string of the molecule is CCN(C)C(=O)Oc1cccc2[nH]cc(CCC(=O)NC(=O)c3ccccc3S(=O)[O-])c12.[Na+]. The Hall–Kier alpha value is -2.50. The number of carbonyl (C=O) groups is 3. The molecule has 0 spiro atoms.